The number of rotatable bonds is 4. The summed E-state index contributed by atoms with van der Waals surface area (Å²) in [5.74, 6) is 0.0967. The van der Waals surface area contributed by atoms with E-state index in [9.17, 15) is 18.8 Å². The molecule has 1 N–H and O–H groups in total. The minimum Gasteiger partial charge on any atom is -0.346 e. The van der Waals surface area contributed by atoms with E-state index in [-0.39, 0.29) is 33.7 Å². The summed E-state index contributed by atoms with van der Waals surface area (Å²) in [5, 5.41) is 3.33. The Kier molecular flexibility index (Phi) is 5.22. The van der Waals surface area contributed by atoms with Crippen molar-refractivity contribution in [2.45, 2.75) is 56.9 Å². The zero-order chi connectivity index (χ0) is 26.2. The maximum Gasteiger partial charge on any atom is 0.257 e. The Balaban J connectivity index is 1.35. The number of benzene rings is 1. The standard InChI is InChI=1S/C29H28F2N4O3/c30-19-4-6-23(22(31)11-19)35-15-21(28(38)33-29-12-16-9-17(13-29)18(10-16)14-29)26(37)20-5-7-24(32-27(20)35)34-8-2-1-3-25(34)36/h4-7,11,15-18H,1-3,8-10,12-14H2,(H,33,38). The van der Waals surface area contributed by atoms with Gasteiger partial charge in [-0.3, -0.25) is 23.9 Å². The number of fused-ring (bicyclic) bond motifs is 1. The highest BCUT2D eigenvalue weighted by molar-refractivity contribution is 5.98. The number of amides is 2. The third kappa shape index (κ3) is 3.66. The average Bonchev–Trinajstić information content (AvgIpc) is 3.30. The maximum atomic E-state index is 15.0. The Labute approximate surface area is 217 Å². The third-order valence-electron chi connectivity index (χ3n) is 9.15. The normalized spacial score (nSPS) is 27.9. The number of nitrogens with zero attached hydrogens (tertiary/aromatic N) is 3. The molecule has 5 aliphatic rings. The van der Waals surface area contributed by atoms with Gasteiger partial charge in [0, 0.05) is 30.8 Å². The first kappa shape index (κ1) is 23.5. The fourth-order valence-corrected chi connectivity index (χ4v) is 7.69. The van der Waals surface area contributed by atoms with Gasteiger partial charge in [0.1, 0.15) is 23.0 Å². The molecule has 2 aromatic heterocycles. The highest BCUT2D eigenvalue weighted by Crippen LogP contribution is 2.59. The van der Waals surface area contributed by atoms with Crippen LogP contribution in [0, 0.1) is 29.4 Å². The summed E-state index contributed by atoms with van der Waals surface area (Å²) >= 11 is 0. The van der Waals surface area contributed by atoms with Gasteiger partial charge in [-0.15, -0.1) is 0 Å². The molecule has 4 bridgehead atoms. The molecule has 8 rings (SSSR count). The van der Waals surface area contributed by atoms with E-state index in [0.717, 1.165) is 44.2 Å². The molecule has 1 aliphatic heterocycles. The monoisotopic (exact) mass is 518 g/mol. The van der Waals surface area contributed by atoms with E-state index < -0.39 is 23.0 Å². The molecule has 4 saturated carbocycles. The van der Waals surface area contributed by atoms with Crippen molar-refractivity contribution < 1.29 is 18.4 Å². The van der Waals surface area contributed by atoms with Crippen molar-refractivity contribution in [2.75, 3.05) is 11.4 Å². The maximum absolute atomic E-state index is 15.0. The smallest absolute Gasteiger partial charge is 0.257 e. The lowest BCUT2D eigenvalue weighted by molar-refractivity contribution is -0.119. The molecular weight excluding hydrogens is 490 g/mol. The van der Waals surface area contributed by atoms with E-state index in [2.05, 4.69) is 10.3 Å². The Morgan fingerprint density at radius 3 is 2.53 bits per heavy atom. The van der Waals surface area contributed by atoms with Crippen LogP contribution >= 0.6 is 0 Å². The quantitative estimate of drug-likeness (QED) is 0.552. The molecule has 196 valence electrons. The number of halogens is 2. The number of carbonyl (C=O) groups is 2. The van der Waals surface area contributed by atoms with Crippen molar-refractivity contribution in [3.05, 3.63) is 63.9 Å². The summed E-state index contributed by atoms with van der Waals surface area (Å²) in [4.78, 5) is 45.9. The fraction of sp³-hybridized carbons (Fsp3) is 0.448. The second-order valence-corrected chi connectivity index (χ2v) is 11.6. The first-order valence-electron chi connectivity index (χ1n) is 13.4. The van der Waals surface area contributed by atoms with Crippen molar-refractivity contribution in [3.63, 3.8) is 0 Å². The Morgan fingerprint density at radius 1 is 1.03 bits per heavy atom. The van der Waals surface area contributed by atoms with Gasteiger partial charge in [-0.1, -0.05) is 0 Å². The molecule has 0 radical (unpaired) electrons. The molecule has 1 aromatic carbocycles. The largest absolute Gasteiger partial charge is 0.346 e. The molecule has 9 heteroatoms. The topological polar surface area (TPSA) is 84.3 Å². The first-order valence-corrected chi connectivity index (χ1v) is 13.4. The molecule has 3 aromatic rings. The van der Waals surface area contributed by atoms with Gasteiger partial charge >= 0.3 is 0 Å². The van der Waals surface area contributed by atoms with Crippen LogP contribution < -0.4 is 15.6 Å². The highest BCUT2D eigenvalue weighted by Gasteiger charge is 2.56. The van der Waals surface area contributed by atoms with E-state index in [4.69, 9.17) is 0 Å². The van der Waals surface area contributed by atoms with E-state index in [1.54, 1.807) is 11.0 Å². The molecule has 38 heavy (non-hydrogen) atoms. The van der Waals surface area contributed by atoms with Crippen molar-refractivity contribution in [2.24, 2.45) is 17.8 Å². The minimum atomic E-state index is -0.854. The molecule has 5 fully saturated rings. The summed E-state index contributed by atoms with van der Waals surface area (Å²) < 4.78 is 30.1. The van der Waals surface area contributed by atoms with Crippen LogP contribution in [-0.2, 0) is 4.79 Å². The van der Waals surface area contributed by atoms with Crippen LogP contribution in [-0.4, -0.2) is 33.4 Å². The number of piperidine rings is 1. The minimum absolute atomic E-state index is 0.0434. The van der Waals surface area contributed by atoms with Crippen molar-refractivity contribution in [1.29, 1.82) is 0 Å². The predicted octanol–water partition coefficient (Wildman–Crippen LogP) is 4.49. The predicted molar refractivity (Wildman–Crippen MR) is 137 cm³/mol. The number of carbonyl (C=O) groups excluding carboxylic acids is 2. The van der Waals surface area contributed by atoms with Crippen LogP contribution in [0.4, 0.5) is 14.6 Å². The van der Waals surface area contributed by atoms with Crippen LogP contribution in [0.15, 0.2) is 41.3 Å². The summed E-state index contributed by atoms with van der Waals surface area (Å²) in [6, 6.07) is 6.26. The molecule has 2 unspecified atom stereocenters. The van der Waals surface area contributed by atoms with Gasteiger partial charge in [0.25, 0.3) is 5.91 Å². The molecule has 1 saturated heterocycles. The van der Waals surface area contributed by atoms with Gasteiger partial charge in [0.05, 0.1) is 11.1 Å². The molecule has 4 aliphatic carbocycles. The lowest BCUT2D eigenvalue weighted by Crippen LogP contribution is -2.51. The van der Waals surface area contributed by atoms with Crippen LogP contribution in [0.3, 0.4) is 0 Å². The summed E-state index contributed by atoms with van der Waals surface area (Å²) in [6.07, 6.45) is 8.58. The van der Waals surface area contributed by atoms with Crippen molar-refractivity contribution in [3.8, 4) is 5.69 Å². The fourth-order valence-electron chi connectivity index (χ4n) is 7.69. The van der Waals surface area contributed by atoms with E-state index in [1.165, 1.54) is 35.7 Å². The Morgan fingerprint density at radius 2 is 1.82 bits per heavy atom. The van der Waals surface area contributed by atoms with Gasteiger partial charge in [-0.05, 0) is 87.0 Å². The number of hydrogen-bond donors (Lipinski definition) is 1. The second kappa shape index (κ2) is 8.44. The van der Waals surface area contributed by atoms with Gasteiger partial charge in [0.2, 0.25) is 11.3 Å². The molecule has 2 atom stereocenters. The SMILES string of the molecule is O=C(NC12CC3CC(C1)C(C3)C2)c1cn(-c2ccc(F)cc2F)c2nc(N3CCCCC3=O)ccc2c1=O. The summed E-state index contributed by atoms with van der Waals surface area (Å²) in [7, 11) is 0. The van der Waals surface area contributed by atoms with Gasteiger partial charge in [-0.25, -0.2) is 13.8 Å². The second-order valence-electron chi connectivity index (χ2n) is 11.6. The van der Waals surface area contributed by atoms with E-state index in [0.29, 0.717) is 36.5 Å². The van der Waals surface area contributed by atoms with Gasteiger partial charge < -0.3 is 5.32 Å². The van der Waals surface area contributed by atoms with Crippen LogP contribution in [0.25, 0.3) is 16.7 Å². The lowest BCUT2D eigenvalue weighted by atomic mass is 9.75. The van der Waals surface area contributed by atoms with Gasteiger partial charge in [0.15, 0.2) is 5.65 Å². The molecule has 0 spiro atoms. The summed E-state index contributed by atoms with van der Waals surface area (Å²) in [5.41, 5.74) is -0.851. The Hall–Kier alpha value is -3.62. The van der Waals surface area contributed by atoms with Gasteiger partial charge in [-0.2, -0.15) is 0 Å². The number of hydrogen-bond acceptors (Lipinski definition) is 4. The highest BCUT2D eigenvalue weighted by atomic mass is 19.1. The van der Waals surface area contributed by atoms with Crippen LogP contribution in [0.1, 0.15) is 61.7 Å². The molecule has 7 nitrogen and oxygen atoms in total. The average molecular weight is 519 g/mol. The number of nitrogens with one attached hydrogen (secondary N) is 1. The number of pyridine rings is 2. The lowest BCUT2D eigenvalue weighted by Gasteiger charge is -2.39. The third-order valence-corrected chi connectivity index (χ3v) is 9.15. The number of anilines is 1. The molecular formula is C29H28F2N4O3. The van der Waals surface area contributed by atoms with E-state index >= 15 is 4.39 Å². The zero-order valence-electron chi connectivity index (χ0n) is 20.9. The Bertz CT molecular complexity index is 1550. The zero-order valence-corrected chi connectivity index (χ0v) is 20.9. The summed E-state index contributed by atoms with van der Waals surface area (Å²) in [6.45, 7) is 0.498. The van der Waals surface area contributed by atoms with Crippen LogP contribution in [0.5, 0.6) is 0 Å². The van der Waals surface area contributed by atoms with Crippen molar-refractivity contribution in [1.82, 2.24) is 14.9 Å². The van der Waals surface area contributed by atoms with E-state index in [1.807, 2.05) is 0 Å². The number of aromatic nitrogens is 2. The molecule has 3 heterocycles. The van der Waals surface area contributed by atoms with Crippen molar-refractivity contribution >= 4 is 28.7 Å². The molecule has 2 amide bonds. The van der Waals surface area contributed by atoms with Crippen LogP contribution in [0.2, 0.25) is 0 Å². The first-order chi connectivity index (χ1) is 18.3.